The highest BCUT2D eigenvalue weighted by Gasteiger charge is 2.26. The van der Waals surface area contributed by atoms with Gasteiger partial charge >= 0.3 is 11.9 Å². The predicted octanol–water partition coefficient (Wildman–Crippen LogP) is 4.81. The number of nitrogens with zero attached hydrogens (tertiary/aromatic N) is 6. The van der Waals surface area contributed by atoms with E-state index in [1.807, 2.05) is 55.5 Å². The van der Waals surface area contributed by atoms with Crippen LogP contribution in [0.3, 0.4) is 0 Å². The number of tetrazole rings is 1. The average molecular weight is 612 g/mol. The molecule has 1 N–H and O–H groups in total. The number of H-pyrrole nitrogens is 1. The third-order valence-corrected chi connectivity index (χ3v) is 6.62. The van der Waals surface area contributed by atoms with Gasteiger partial charge in [0.2, 0.25) is 12.1 Å². The number of nitrogens with one attached hydrogen (secondary N) is 1. The molecule has 14 nitrogen and oxygen atoms in total. The molecule has 226 valence electrons. The summed E-state index contributed by atoms with van der Waals surface area (Å²) in [7, 11) is 0. The Morgan fingerprint density at radius 3 is 2.47 bits per heavy atom. The fourth-order valence-electron chi connectivity index (χ4n) is 4.42. The second-order valence-corrected chi connectivity index (χ2v) is 10.00. The Bertz CT molecular complexity index is 1560. The molecule has 0 spiro atoms. The van der Waals surface area contributed by atoms with Crippen LogP contribution >= 0.6 is 11.6 Å². The summed E-state index contributed by atoms with van der Waals surface area (Å²) in [6, 6.07) is 15.5. The highest BCUT2D eigenvalue weighted by Crippen LogP contribution is 2.30. The number of aromatic nitrogens is 6. The lowest BCUT2D eigenvalue weighted by Gasteiger charge is -2.17. The molecule has 2 heterocycles. The minimum absolute atomic E-state index is 0.0206. The van der Waals surface area contributed by atoms with Crippen molar-refractivity contribution in [2.45, 2.75) is 65.4 Å². The summed E-state index contributed by atoms with van der Waals surface area (Å²) in [4.78, 5) is 44.5. The number of imidazole rings is 1. The molecule has 0 bridgehead atoms. The summed E-state index contributed by atoms with van der Waals surface area (Å²) in [5.74, 6) is -0.573. The Kier molecular flexibility index (Phi) is 10.4. The fourth-order valence-corrected chi connectivity index (χ4v) is 4.69. The molecule has 0 saturated heterocycles. The summed E-state index contributed by atoms with van der Waals surface area (Å²) >= 11 is 6.43. The van der Waals surface area contributed by atoms with E-state index in [1.165, 1.54) is 13.8 Å². The van der Waals surface area contributed by atoms with E-state index >= 15 is 0 Å². The average Bonchev–Trinajstić information content (AvgIpc) is 3.59. The van der Waals surface area contributed by atoms with Crippen molar-refractivity contribution in [2.75, 3.05) is 0 Å². The Morgan fingerprint density at radius 1 is 1.09 bits per heavy atom. The molecule has 0 fully saturated rings. The molecule has 0 aliphatic rings. The van der Waals surface area contributed by atoms with Gasteiger partial charge in [-0.15, -0.1) is 20.3 Å². The quantitative estimate of drug-likeness (QED) is 0.0895. The smallest absolute Gasteiger partial charge is 0.361 e. The zero-order valence-electron chi connectivity index (χ0n) is 23.7. The van der Waals surface area contributed by atoms with E-state index < -0.39 is 35.8 Å². The molecule has 15 heteroatoms. The van der Waals surface area contributed by atoms with Crippen LogP contribution in [0.25, 0.3) is 22.5 Å². The van der Waals surface area contributed by atoms with E-state index in [0.717, 1.165) is 35.1 Å². The van der Waals surface area contributed by atoms with E-state index in [-0.39, 0.29) is 17.4 Å². The van der Waals surface area contributed by atoms with Crippen LogP contribution in [0.4, 0.5) is 0 Å². The molecule has 43 heavy (non-hydrogen) atoms. The van der Waals surface area contributed by atoms with Crippen molar-refractivity contribution in [3.8, 4) is 22.5 Å². The van der Waals surface area contributed by atoms with E-state index in [2.05, 4.69) is 30.4 Å². The minimum Gasteiger partial charge on any atom is -0.425 e. The number of benzene rings is 2. The largest absolute Gasteiger partial charge is 0.425 e. The van der Waals surface area contributed by atoms with Crippen molar-refractivity contribution in [2.24, 2.45) is 0 Å². The molecule has 2 aromatic heterocycles. The first kappa shape index (κ1) is 31.1. The second kappa shape index (κ2) is 14.4. The highest BCUT2D eigenvalue weighted by molar-refractivity contribution is 6.32. The van der Waals surface area contributed by atoms with Crippen LogP contribution in [-0.2, 0) is 32.1 Å². The van der Waals surface area contributed by atoms with Crippen LogP contribution in [0.1, 0.15) is 61.9 Å². The van der Waals surface area contributed by atoms with Crippen LogP contribution in [0.15, 0.2) is 48.5 Å². The maximum atomic E-state index is 13.2. The number of rotatable bonds is 14. The van der Waals surface area contributed by atoms with Gasteiger partial charge in [0.25, 0.3) is 5.09 Å². The van der Waals surface area contributed by atoms with Gasteiger partial charge < -0.3 is 18.9 Å². The Morgan fingerprint density at radius 2 is 1.81 bits per heavy atom. The molecule has 0 aliphatic carbocycles. The van der Waals surface area contributed by atoms with E-state index in [0.29, 0.717) is 18.1 Å². The van der Waals surface area contributed by atoms with Crippen molar-refractivity contribution >= 4 is 23.5 Å². The maximum absolute atomic E-state index is 13.2. The van der Waals surface area contributed by atoms with Crippen molar-refractivity contribution in [1.82, 2.24) is 30.2 Å². The first-order valence-electron chi connectivity index (χ1n) is 13.5. The number of halogens is 1. The third-order valence-electron chi connectivity index (χ3n) is 6.36. The van der Waals surface area contributed by atoms with Gasteiger partial charge in [-0.1, -0.05) is 73.5 Å². The summed E-state index contributed by atoms with van der Waals surface area (Å²) in [6.07, 6.45) is -0.408. The zero-order valence-corrected chi connectivity index (χ0v) is 24.5. The van der Waals surface area contributed by atoms with Crippen molar-refractivity contribution < 1.29 is 29.0 Å². The summed E-state index contributed by atoms with van der Waals surface area (Å²) in [5.41, 5.74) is 3.59. The Hall–Kier alpha value is -4.85. The standard InChI is InChI=1S/C28H30ClN7O7/c1-4-5-10-23-30-26(29)25(28(38)42-18(3)41-24(37)15-17(2)43-36(39)40)35(23)16-19-11-13-20(14-12-19)21-8-6-7-9-22(21)27-31-33-34-32-27/h6-9,11-14,17-18H,4-5,10,15-16H2,1-3H3,(H,31,32,33,34). The van der Waals surface area contributed by atoms with Crippen LogP contribution in [0, 0.1) is 10.1 Å². The zero-order chi connectivity index (χ0) is 30.9. The van der Waals surface area contributed by atoms with Gasteiger partial charge in [-0.2, -0.15) is 5.21 Å². The molecule has 4 aromatic rings. The lowest BCUT2D eigenvalue weighted by molar-refractivity contribution is -0.767. The summed E-state index contributed by atoms with van der Waals surface area (Å²) < 4.78 is 12.1. The molecule has 0 saturated carbocycles. The van der Waals surface area contributed by atoms with Crippen molar-refractivity contribution in [3.05, 3.63) is 80.9 Å². The van der Waals surface area contributed by atoms with Gasteiger partial charge in [-0.05, 0) is 35.2 Å². The van der Waals surface area contributed by atoms with Gasteiger partial charge in [0.05, 0.1) is 6.42 Å². The molecule has 2 atom stereocenters. The van der Waals surface area contributed by atoms with Gasteiger partial charge in [0, 0.05) is 25.5 Å². The Balaban J connectivity index is 1.52. The van der Waals surface area contributed by atoms with Crippen molar-refractivity contribution in [1.29, 1.82) is 0 Å². The molecular weight excluding hydrogens is 582 g/mol. The van der Waals surface area contributed by atoms with Crippen LogP contribution in [0.2, 0.25) is 5.15 Å². The molecule has 0 aliphatic heterocycles. The van der Waals surface area contributed by atoms with E-state index in [9.17, 15) is 19.7 Å². The van der Waals surface area contributed by atoms with Crippen LogP contribution in [0.5, 0.6) is 0 Å². The highest BCUT2D eigenvalue weighted by atomic mass is 35.5. The normalized spacial score (nSPS) is 12.4. The first-order valence-corrected chi connectivity index (χ1v) is 13.9. The number of esters is 2. The topological polar surface area (TPSA) is 177 Å². The minimum atomic E-state index is -1.29. The third kappa shape index (κ3) is 8.13. The van der Waals surface area contributed by atoms with Gasteiger partial charge in [0.1, 0.15) is 11.9 Å². The predicted molar refractivity (Wildman–Crippen MR) is 153 cm³/mol. The SMILES string of the molecule is CCCCc1nc(Cl)c(C(=O)OC(C)OC(=O)CC(C)O[N+](=O)[O-])n1Cc1ccc(-c2ccccc2-c2nn[nH]n2)cc1. The lowest BCUT2D eigenvalue weighted by atomic mass is 9.98. The maximum Gasteiger partial charge on any atom is 0.361 e. The number of aromatic amines is 1. The van der Waals surface area contributed by atoms with Crippen molar-refractivity contribution in [3.63, 3.8) is 0 Å². The molecular formula is C28H30ClN7O7. The second-order valence-electron chi connectivity index (χ2n) is 9.64. The molecule has 2 unspecified atom stereocenters. The van der Waals surface area contributed by atoms with Crippen LogP contribution in [-0.4, -0.2) is 59.6 Å². The summed E-state index contributed by atoms with van der Waals surface area (Å²) in [6.45, 7) is 5.02. The number of ether oxygens (including phenoxy) is 2. The number of aryl methyl sites for hydroxylation is 1. The number of carbonyl (C=O) groups is 2. The van der Waals surface area contributed by atoms with Crippen LogP contribution < -0.4 is 0 Å². The van der Waals surface area contributed by atoms with Gasteiger partial charge in [-0.3, -0.25) is 4.79 Å². The number of hydrogen-bond donors (Lipinski definition) is 1. The lowest BCUT2D eigenvalue weighted by Crippen LogP contribution is -2.26. The van der Waals surface area contributed by atoms with E-state index in [4.69, 9.17) is 21.1 Å². The number of hydrogen-bond acceptors (Lipinski definition) is 11. The molecule has 0 amide bonds. The molecule has 2 aromatic carbocycles. The monoisotopic (exact) mass is 611 g/mol. The van der Waals surface area contributed by atoms with Gasteiger partial charge in [0.15, 0.2) is 10.8 Å². The first-order chi connectivity index (χ1) is 20.7. The Labute approximate surface area is 251 Å². The molecule has 4 rings (SSSR count). The fraction of sp³-hybridized carbons (Fsp3) is 0.357. The number of carbonyl (C=O) groups excluding carboxylic acids is 2. The number of unbranched alkanes of at least 4 members (excludes halogenated alkanes) is 1. The summed E-state index contributed by atoms with van der Waals surface area (Å²) in [5, 5.41) is 23.7. The van der Waals surface area contributed by atoms with Gasteiger partial charge in [-0.25, -0.2) is 9.78 Å². The van der Waals surface area contributed by atoms with E-state index in [1.54, 1.807) is 4.57 Å². The molecule has 0 radical (unpaired) electrons.